The van der Waals surface area contributed by atoms with Crippen molar-refractivity contribution in [3.05, 3.63) is 35.4 Å². The van der Waals surface area contributed by atoms with Gasteiger partial charge in [0.25, 0.3) is 0 Å². The van der Waals surface area contributed by atoms with Gasteiger partial charge in [-0.1, -0.05) is 37.6 Å². The molecule has 1 aromatic carbocycles. The number of piperidine rings is 1. The fourth-order valence-electron chi connectivity index (χ4n) is 3.41. The molecule has 0 aliphatic carbocycles. The van der Waals surface area contributed by atoms with Gasteiger partial charge in [0.1, 0.15) is 5.82 Å². The van der Waals surface area contributed by atoms with Crippen LogP contribution >= 0.6 is 11.6 Å². The van der Waals surface area contributed by atoms with Crippen molar-refractivity contribution >= 4 is 34.3 Å². The van der Waals surface area contributed by atoms with E-state index in [-0.39, 0.29) is 17.3 Å². The number of para-hydroxylation sites is 1. The van der Waals surface area contributed by atoms with Gasteiger partial charge in [-0.15, -0.1) is 0 Å². The Morgan fingerprint density at radius 3 is 2.83 bits per heavy atom. The molecule has 0 bridgehead atoms. The Morgan fingerprint density at radius 1 is 1.35 bits per heavy atom. The van der Waals surface area contributed by atoms with Crippen LogP contribution in [0.25, 0.3) is 10.9 Å². The second-order valence-corrected chi connectivity index (χ2v) is 7.16. The first kappa shape index (κ1) is 16.1. The first-order valence-corrected chi connectivity index (χ1v) is 8.18. The summed E-state index contributed by atoms with van der Waals surface area (Å²) in [6.45, 7) is 5.76. The van der Waals surface area contributed by atoms with E-state index in [0.29, 0.717) is 5.02 Å². The Bertz CT molecular complexity index is 745. The van der Waals surface area contributed by atoms with Crippen LogP contribution in [-0.2, 0) is 9.53 Å². The van der Waals surface area contributed by atoms with E-state index in [4.69, 9.17) is 21.3 Å². The number of hydrogen-bond acceptors (Lipinski definition) is 4. The average Bonchev–Trinajstić information content (AvgIpc) is 2.53. The van der Waals surface area contributed by atoms with Crippen molar-refractivity contribution in [2.75, 3.05) is 25.1 Å². The zero-order valence-corrected chi connectivity index (χ0v) is 14.4. The molecular weight excluding hydrogens is 312 g/mol. The number of carbonyl (C=O) groups is 1. The molecule has 0 N–H and O–H groups in total. The highest BCUT2D eigenvalue weighted by atomic mass is 35.5. The molecule has 1 atom stereocenters. The summed E-state index contributed by atoms with van der Waals surface area (Å²) in [5, 5.41) is 1.69. The lowest BCUT2D eigenvalue weighted by Gasteiger charge is -2.43. The van der Waals surface area contributed by atoms with Gasteiger partial charge in [-0.2, -0.15) is 0 Å². The topological polar surface area (TPSA) is 42.4 Å². The smallest absolute Gasteiger partial charge is 0.309 e. The normalized spacial score (nSPS) is 20.5. The molecule has 0 spiro atoms. The molecule has 1 fully saturated rings. The second kappa shape index (κ2) is 6.00. The molecule has 2 heterocycles. The highest BCUT2D eigenvalue weighted by molar-refractivity contribution is 6.35. The van der Waals surface area contributed by atoms with Crippen molar-refractivity contribution in [2.45, 2.75) is 20.3 Å². The van der Waals surface area contributed by atoms with Gasteiger partial charge in [-0.3, -0.25) is 4.79 Å². The molecule has 1 aliphatic rings. The zero-order chi connectivity index (χ0) is 16.6. The largest absolute Gasteiger partial charge is 0.469 e. The summed E-state index contributed by atoms with van der Waals surface area (Å²) in [6, 6.07) is 9.85. The van der Waals surface area contributed by atoms with Crippen LogP contribution in [0.15, 0.2) is 30.3 Å². The van der Waals surface area contributed by atoms with Crippen LogP contribution in [-0.4, -0.2) is 31.2 Å². The van der Waals surface area contributed by atoms with Gasteiger partial charge in [-0.05, 0) is 30.0 Å². The lowest BCUT2D eigenvalue weighted by molar-refractivity contribution is -0.150. The van der Waals surface area contributed by atoms with Gasteiger partial charge in [0.05, 0.1) is 23.6 Å². The number of pyridine rings is 1. The molecule has 5 heteroatoms. The third-order valence-electron chi connectivity index (χ3n) is 4.70. The van der Waals surface area contributed by atoms with Crippen LogP contribution in [0, 0.1) is 11.3 Å². The molecule has 4 nitrogen and oxygen atoms in total. The second-order valence-electron chi connectivity index (χ2n) is 6.76. The molecule has 0 amide bonds. The minimum atomic E-state index is -0.164. The van der Waals surface area contributed by atoms with E-state index in [1.807, 2.05) is 30.3 Å². The number of carbonyl (C=O) groups excluding carboxylic acids is 1. The zero-order valence-electron chi connectivity index (χ0n) is 13.7. The molecule has 0 saturated carbocycles. The van der Waals surface area contributed by atoms with E-state index in [2.05, 4.69) is 18.7 Å². The van der Waals surface area contributed by atoms with Crippen molar-refractivity contribution in [1.82, 2.24) is 4.98 Å². The molecule has 122 valence electrons. The van der Waals surface area contributed by atoms with Crippen LogP contribution in [0.3, 0.4) is 0 Å². The van der Waals surface area contributed by atoms with Crippen molar-refractivity contribution in [2.24, 2.45) is 11.3 Å². The number of aromatic nitrogens is 1. The van der Waals surface area contributed by atoms with E-state index in [9.17, 15) is 4.79 Å². The maximum absolute atomic E-state index is 12.0. The standard InChI is InChI=1S/C18H21ClN2O2/c1-18(2)11-21(10-9-13(18)17(22)23-3)15-8-7-12-5-4-6-14(19)16(12)20-15/h4-8,13H,9-11H2,1-3H3. The van der Waals surface area contributed by atoms with Gasteiger partial charge in [-0.25, -0.2) is 4.98 Å². The van der Waals surface area contributed by atoms with Crippen molar-refractivity contribution in [1.29, 1.82) is 0 Å². The lowest BCUT2D eigenvalue weighted by Crippen LogP contribution is -2.49. The summed E-state index contributed by atoms with van der Waals surface area (Å²) in [5.74, 6) is 0.707. The number of methoxy groups -OCH3 is 1. The third-order valence-corrected chi connectivity index (χ3v) is 5.00. The Kier molecular flexibility index (Phi) is 4.19. The minimum absolute atomic E-state index is 0.0761. The molecule has 2 aromatic rings. The molecule has 1 aliphatic heterocycles. The molecule has 3 rings (SSSR count). The number of anilines is 1. The van der Waals surface area contributed by atoms with Crippen molar-refractivity contribution in [3.63, 3.8) is 0 Å². The van der Waals surface area contributed by atoms with Gasteiger partial charge in [0, 0.05) is 18.5 Å². The summed E-state index contributed by atoms with van der Waals surface area (Å²) in [6.07, 6.45) is 0.766. The van der Waals surface area contributed by atoms with Crippen molar-refractivity contribution < 1.29 is 9.53 Å². The lowest BCUT2D eigenvalue weighted by atomic mass is 9.74. The van der Waals surface area contributed by atoms with Crippen molar-refractivity contribution in [3.8, 4) is 0 Å². The van der Waals surface area contributed by atoms with Gasteiger partial charge >= 0.3 is 5.97 Å². The summed E-state index contributed by atoms with van der Waals surface area (Å²) in [5.41, 5.74) is 0.655. The van der Waals surface area contributed by atoms with E-state index >= 15 is 0 Å². The molecule has 1 saturated heterocycles. The monoisotopic (exact) mass is 332 g/mol. The number of esters is 1. The molecule has 1 unspecified atom stereocenters. The third kappa shape index (κ3) is 3.00. The fraction of sp³-hybridized carbons (Fsp3) is 0.444. The maximum atomic E-state index is 12.0. The number of halogens is 1. The van der Waals surface area contributed by atoms with Crippen LogP contribution in [0.1, 0.15) is 20.3 Å². The Balaban J connectivity index is 1.89. The van der Waals surface area contributed by atoms with E-state index in [1.54, 1.807) is 0 Å². The number of rotatable bonds is 2. The first-order valence-electron chi connectivity index (χ1n) is 7.80. The minimum Gasteiger partial charge on any atom is -0.469 e. The number of benzene rings is 1. The Morgan fingerprint density at radius 2 is 2.13 bits per heavy atom. The molecule has 0 radical (unpaired) electrons. The highest BCUT2D eigenvalue weighted by Crippen LogP contribution is 2.37. The average molecular weight is 333 g/mol. The van der Waals surface area contributed by atoms with Gasteiger partial charge in [0.15, 0.2) is 0 Å². The number of nitrogens with zero attached hydrogens (tertiary/aromatic N) is 2. The quantitative estimate of drug-likeness (QED) is 0.782. The Hall–Kier alpha value is -1.81. The summed E-state index contributed by atoms with van der Waals surface area (Å²) < 4.78 is 4.95. The van der Waals surface area contributed by atoms with Crippen LogP contribution in [0.5, 0.6) is 0 Å². The molecule has 23 heavy (non-hydrogen) atoms. The summed E-state index contributed by atoms with van der Waals surface area (Å²) >= 11 is 6.27. The maximum Gasteiger partial charge on any atom is 0.309 e. The van der Waals surface area contributed by atoms with Crippen LogP contribution in [0.4, 0.5) is 5.82 Å². The molecular formula is C18H21ClN2O2. The van der Waals surface area contributed by atoms with Gasteiger partial charge < -0.3 is 9.64 Å². The van der Waals surface area contributed by atoms with E-state index in [1.165, 1.54) is 7.11 Å². The number of fused-ring (bicyclic) bond motifs is 1. The van der Waals surface area contributed by atoms with E-state index in [0.717, 1.165) is 36.2 Å². The Labute approximate surface area is 141 Å². The first-order chi connectivity index (χ1) is 10.9. The molecule has 1 aromatic heterocycles. The van der Waals surface area contributed by atoms with Crippen LogP contribution in [0.2, 0.25) is 5.02 Å². The predicted octanol–water partition coefficient (Wildman–Crippen LogP) is 3.91. The highest BCUT2D eigenvalue weighted by Gasteiger charge is 2.41. The predicted molar refractivity (Wildman–Crippen MR) is 92.9 cm³/mol. The van der Waals surface area contributed by atoms with E-state index < -0.39 is 0 Å². The number of hydrogen-bond donors (Lipinski definition) is 0. The summed E-state index contributed by atoms with van der Waals surface area (Å²) in [7, 11) is 1.46. The number of ether oxygens (including phenoxy) is 1. The SMILES string of the molecule is COC(=O)C1CCN(c2ccc3cccc(Cl)c3n2)CC1(C)C. The summed E-state index contributed by atoms with van der Waals surface area (Å²) in [4.78, 5) is 18.9. The van der Waals surface area contributed by atoms with Gasteiger partial charge in [0.2, 0.25) is 0 Å². The fourth-order valence-corrected chi connectivity index (χ4v) is 3.63. The van der Waals surface area contributed by atoms with Crippen LogP contribution < -0.4 is 4.90 Å².